The fraction of sp³-hybridized carbons (Fsp3) is 0.364. The van der Waals surface area contributed by atoms with Crippen LogP contribution < -0.4 is 9.47 Å². The molecule has 4 rings (SSSR count). The molecular weight excluding hydrogens is 792 g/mol. The van der Waals surface area contributed by atoms with Gasteiger partial charge >= 0.3 is 23.3 Å². The van der Waals surface area contributed by atoms with E-state index in [1.54, 1.807) is 0 Å². The summed E-state index contributed by atoms with van der Waals surface area (Å²) in [7, 11) is 2.26. The van der Waals surface area contributed by atoms with Crippen LogP contribution in [0, 0.1) is 43.5 Å². The molecule has 0 saturated heterocycles. The van der Waals surface area contributed by atoms with E-state index < -0.39 is 83.4 Å². The van der Waals surface area contributed by atoms with Gasteiger partial charge in [0.05, 0.1) is 24.1 Å². The Kier molecular flexibility index (Phi) is 17.9. The van der Waals surface area contributed by atoms with Crippen molar-refractivity contribution < 1.29 is 70.6 Å². The zero-order valence-corrected chi connectivity index (χ0v) is 32.2. The van der Waals surface area contributed by atoms with Gasteiger partial charge in [-0.05, 0) is 30.3 Å². The number of benzene rings is 2. The van der Waals surface area contributed by atoms with Gasteiger partial charge in [-0.3, -0.25) is 29.7 Å². The minimum absolute atomic E-state index is 0.0185. The standard InChI is InChI=1S/C19H25F2N3O7Si.C9H8F2O3.C5H5N3O3/c1-29-19(26)18(31-15-6-5-12(20)9-13(15)21)17(25)16-14(24(27)28)10-22-23(16)11-30-7-8-32(2,3)4;1-13-9(12)5-14-8-3-2-6(10)4-7(8)11;1-7-5(3-9)4(2-6-7)8(10)11/h5-6,9-10,17-18,25H,7-8,11H2,1-4H3;2-4H,5H2,1H3;2-3H,1H3. The van der Waals surface area contributed by atoms with E-state index in [1.165, 1.54) is 14.2 Å². The van der Waals surface area contributed by atoms with Crippen LogP contribution in [0.3, 0.4) is 0 Å². The van der Waals surface area contributed by atoms with E-state index in [1.807, 2.05) is 0 Å². The average molecular weight is 831 g/mol. The monoisotopic (exact) mass is 830 g/mol. The molecule has 0 saturated carbocycles. The van der Waals surface area contributed by atoms with E-state index in [-0.39, 0.29) is 29.6 Å². The molecule has 0 amide bonds. The Hall–Kier alpha value is -6.27. The molecule has 2 atom stereocenters. The Morgan fingerprint density at radius 2 is 1.47 bits per heavy atom. The number of aliphatic hydroxyl groups is 1. The summed E-state index contributed by atoms with van der Waals surface area (Å²) in [6.07, 6.45) is -1.53. The van der Waals surface area contributed by atoms with Crippen molar-refractivity contribution in [1.82, 2.24) is 19.6 Å². The normalized spacial score (nSPS) is 11.8. The number of hydrogen-bond donors (Lipinski definition) is 1. The molecule has 0 spiro atoms. The van der Waals surface area contributed by atoms with Crippen LogP contribution >= 0.6 is 0 Å². The van der Waals surface area contributed by atoms with Crippen molar-refractivity contribution in [2.75, 3.05) is 27.4 Å². The third-order valence-electron chi connectivity index (χ3n) is 7.15. The number of aldehydes is 1. The molecule has 310 valence electrons. The molecule has 2 aromatic carbocycles. The number of aryl methyl sites for hydroxylation is 1. The van der Waals surface area contributed by atoms with Crippen molar-refractivity contribution in [3.63, 3.8) is 0 Å². The van der Waals surface area contributed by atoms with Crippen molar-refractivity contribution in [2.24, 2.45) is 7.05 Å². The number of halogens is 4. The highest BCUT2D eigenvalue weighted by atomic mass is 28.3. The maximum absolute atomic E-state index is 14.0. The largest absolute Gasteiger partial charge is 0.479 e. The van der Waals surface area contributed by atoms with Crippen LogP contribution in [0.15, 0.2) is 48.8 Å². The number of aliphatic hydroxyl groups excluding tert-OH is 1. The Morgan fingerprint density at radius 1 is 0.912 bits per heavy atom. The molecule has 1 N–H and O–H groups in total. The highest BCUT2D eigenvalue weighted by Crippen LogP contribution is 2.31. The molecule has 2 aromatic heterocycles. The molecular formula is C33H38F4N6O13Si. The first kappa shape index (κ1) is 46.9. The van der Waals surface area contributed by atoms with E-state index in [0.29, 0.717) is 25.0 Å². The van der Waals surface area contributed by atoms with E-state index in [2.05, 4.69) is 39.3 Å². The summed E-state index contributed by atoms with van der Waals surface area (Å²) in [6, 6.07) is 5.97. The zero-order chi connectivity index (χ0) is 43.0. The third-order valence-corrected chi connectivity index (χ3v) is 8.86. The van der Waals surface area contributed by atoms with Crippen LogP contribution in [0.5, 0.6) is 11.5 Å². The van der Waals surface area contributed by atoms with Crippen LogP contribution in [0.4, 0.5) is 28.9 Å². The lowest BCUT2D eigenvalue weighted by Gasteiger charge is -2.23. The Balaban J connectivity index is 0.000000364. The van der Waals surface area contributed by atoms with Crippen molar-refractivity contribution >= 4 is 37.7 Å². The van der Waals surface area contributed by atoms with Gasteiger partial charge in [0.15, 0.2) is 53.5 Å². The fourth-order valence-corrected chi connectivity index (χ4v) is 4.93. The quantitative estimate of drug-likeness (QED) is 0.0306. The highest BCUT2D eigenvalue weighted by Gasteiger charge is 2.39. The van der Waals surface area contributed by atoms with E-state index in [9.17, 15) is 57.3 Å². The van der Waals surface area contributed by atoms with Crippen LogP contribution in [-0.2, 0) is 37.6 Å². The highest BCUT2D eigenvalue weighted by molar-refractivity contribution is 6.76. The summed E-state index contributed by atoms with van der Waals surface area (Å²) in [6.45, 7) is 6.19. The Bertz CT molecular complexity index is 2030. The minimum atomic E-state index is -1.98. The smallest absolute Gasteiger partial charge is 0.350 e. The Labute approximate surface area is 321 Å². The molecule has 2 heterocycles. The lowest BCUT2D eigenvalue weighted by atomic mass is 10.1. The lowest BCUT2D eigenvalue weighted by molar-refractivity contribution is -0.386. The molecule has 0 radical (unpaired) electrons. The minimum Gasteiger partial charge on any atom is -0.479 e. The molecule has 2 unspecified atom stereocenters. The van der Waals surface area contributed by atoms with E-state index >= 15 is 0 Å². The number of aromatic nitrogens is 4. The first-order valence-electron chi connectivity index (χ1n) is 16.2. The molecule has 24 heteroatoms. The number of nitro groups is 2. The number of hydrogen-bond acceptors (Lipinski definition) is 15. The summed E-state index contributed by atoms with van der Waals surface area (Å²) in [5.41, 5.74) is -1.26. The maximum atomic E-state index is 14.0. The molecule has 0 fully saturated rings. The van der Waals surface area contributed by atoms with E-state index in [4.69, 9.17) is 14.2 Å². The van der Waals surface area contributed by atoms with Gasteiger partial charge < -0.3 is 28.8 Å². The summed E-state index contributed by atoms with van der Waals surface area (Å²) in [5, 5.41) is 39.9. The number of esters is 2. The number of rotatable bonds is 16. The second-order valence-electron chi connectivity index (χ2n) is 12.5. The van der Waals surface area contributed by atoms with Gasteiger partial charge in [0.2, 0.25) is 6.10 Å². The molecule has 0 bridgehead atoms. The van der Waals surface area contributed by atoms with Crippen molar-refractivity contribution in [3.8, 4) is 11.5 Å². The predicted octanol–water partition coefficient (Wildman–Crippen LogP) is 4.69. The fourth-order valence-electron chi connectivity index (χ4n) is 4.17. The second-order valence-corrected chi connectivity index (χ2v) is 18.1. The first-order chi connectivity index (χ1) is 26.7. The number of nitrogens with zero attached hydrogens (tertiary/aromatic N) is 6. The van der Waals surface area contributed by atoms with Crippen molar-refractivity contribution in [2.45, 2.75) is 44.6 Å². The number of carbonyl (C=O) groups excluding carboxylic acids is 3. The molecule has 0 aliphatic carbocycles. The predicted molar refractivity (Wildman–Crippen MR) is 190 cm³/mol. The zero-order valence-electron chi connectivity index (χ0n) is 31.2. The van der Waals surface area contributed by atoms with Crippen LogP contribution in [0.2, 0.25) is 25.7 Å². The molecule has 57 heavy (non-hydrogen) atoms. The van der Waals surface area contributed by atoms with Gasteiger partial charge in [0, 0.05) is 33.9 Å². The summed E-state index contributed by atoms with van der Waals surface area (Å²) >= 11 is 0. The third kappa shape index (κ3) is 14.4. The van der Waals surface area contributed by atoms with Crippen LogP contribution in [-0.4, -0.2) is 94.4 Å². The van der Waals surface area contributed by atoms with Crippen LogP contribution in [0.1, 0.15) is 22.3 Å². The maximum Gasteiger partial charge on any atom is 0.350 e. The van der Waals surface area contributed by atoms with Crippen molar-refractivity contribution in [1.29, 1.82) is 0 Å². The summed E-state index contributed by atoms with van der Waals surface area (Å²) in [4.78, 5) is 53.3. The Morgan fingerprint density at radius 3 is 1.95 bits per heavy atom. The van der Waals surface area contributed by atoms with Gasteiger partial charge in [0.25, 0.3) is 0 Å². The molecule has 19 nitrogen and oxygen atoms in total. The number of carbonyl (C=O) groups is 3. The van der Waals surface area contributed by atoms with Gasteiger partial charge in [-0.25, -0.2) is 31.8 Å². The van der Waals surface area contributed by atoms with E-state index in [0.717, 1.165) is 59.2 Å². The first-order valence-corrected chi connectivity index (χ1v) is 19.9. The lowest BCUT2D eigenvalue weighted by Crippen LogP contribution is -2.36. The summed E-state index contributed by atoms with van der Waals surface area (Å²) < 4.78 is 79.1. The molecule has 4 aromatic rings. The topological polar surface area (TPSA) is 240 Å². The van der Waals surface area contributed by atoms with Gasteiger partial charge in [0.1, 0.15) is 30.8 Å². The SMILES string of the molecule is COC(=O)C(Oc1ccc(F)cc1F)C(O)c1c([N+](=O)[O-])cnn1COCC[Si](C)(C)C.COC(=O)COc1ccc(F)cc1F.Cn1ncc([N+](=O)[O-])c1C=O. The second kappa shape index (κ2) is 21.7. The molecule has 0 aliphatic rings. The van der Waals surface area contributed by atoms with Gasteiger partial charge in [-0.15, -0.1) is 0 Å². The number of methoxy groups -OCH3 is 2. The van der Waals surface area contributed by atoms with Gasteiger partial charge in [-0.2, -0.15) is 10.2 Å². The van der Waals surface area contributed by atoms with Crippen LogP contribution in [0.25, 0.3) is 0 Å². The number of ether oxygens (including phenoxy) is 5. The average Bonchev–Trinajstić information content (AvgIpc) is 3.75. The van der Waals surface area contributed by atoms with Crippen molar-refractivity contribution in [3.05, 3.63) is 104 Å². The molecule has 0 aliphatic heterocycles. The summed E-state index contributed by atoms with van der Waals surface area (Å²) in [5.74, 6) is -6.07. The van der Waals surface area contributed by atoms with Gasteiger partial charge in [-0.1, -0.05) is 19.6 Å².